The fourth-order valence-electron chi connectivity index (χ4n) is 2.35. The van der Waals surface area contributed by atoms with E-state index in [1.165, 1.54) is 18.6 Å². The third-order valence-electron chi connectivity index (χ3n) is 4.13. The molecule has 2 atom stereocenters. The Balaban J connectivity index is 2.00. The number of hydrogen-bond acceptors (Lipinski definition) is 1. The Morgan fingerprint density at radius 2 is 1.94 bits per heavy atom. The Kier molecular flexibility index (Phi) is 3.45. The van der Waals surface area contributed by atoms with Gasteiger partial charge in [-0.25, -0.2) is 8.78 Å². The minimum Gasteiger partial charge on any atom is -0.310 e. The quantitative estimate of drug-likeness (QED) is 0.856. The molecule has 1 fully saturated rings. The second-order valence-corrected chi connectivity index (χ2v) is 6.14. The van der Waals surface area contributed by atoms with Crippen LogP contribution in [-0.4, -0.2) is 6.54 Å². The maximum Gasteiger partial charge on any atom is 0.128 e. The van der Waals surface area contributed by atoms with Crippen molar-refractivity contribution in [3.63, 3.8) is 0 Å². The zero-order valence-electron chi connectivity index (χ0n) is 11.5. The van der Waals surface area contributed by atoms with Gasteiger partial charge in [0.25, 0.3) is 0 Å². The normalized spacial score (nSPS) is 22.9. The summed E-state index contributed by atoms with van der Waals surface area (Å²) in [5, 5.41) is 3.30. The summed E-state index contributed by atoms with van der Waals surface area (Å²) in [6.07, 6.45) is 1.21. The van der Waals surface area contributed by atoms with Crippen molar-refractivity contribution < 1.29 is 8.78 Å². The molecule has 0 spiro atoms. The largest absolute Gasteiger partial charge is 0.310 e. The van der Waals surface area contributed by atoms with Crippen LogP contribution in [0.2, 0.25) is 0 Å². The van der Waals surface area contributed by atoms with Gasteiger partial charge in [-0.3, -0.25) is 0 Å². The van der Waals surface area contributed by atoms with E-state index in [4.69, 9.17) is 0 Å². The number of rotatable bonds is 4. The average Bonchev–Trinajstić information content (AvgIpc) is 2.88. The molecule has 0 amide bonds. The van der Waals surface area contributed by atoms with E-state index in [-0.39, 0.29) is 17.7 Å². The van der Waals surface area contributed by atoms with Crippen LogP contribution in [0.1, 0.15) is 44.4 Å². The summed E-state index contributed by atoms with van der Waals surface area (Å²) in [6, 6.07) is 2.42. The predicted molar refractivity (Wildman–Crippen MR) is 69.4 cm³/mol. The van der Waals surface area contributed by atoms with Gasteiger partial charge in [0.05, 0.1) is 0 Å². The molecular weight excluding hydrogens is 232 g/mol. The van der Waals surface area contributed by atoms with Crippen LogP contribution in [0.5, 0.6) is 0 Å². The van der Waals surface area contributed by atoms with Gasteiger partial charge in [0.1, 0.15) is 11.6 Å². The highest BCUT2D eigenvalue weighted by molar-refractivity contribution is 5.27. The van der Waals surface area contributed by atoms with Crippen molar-refractivity contribution in [1.29, 1.82) is 0 Å². The first-order chi connectivity index (χ1) is 8.31. The SMILES string of the molecule is Cc1cc(F)c(C(C)NCC2CC2(C)C)cc1F. The van der Waals surface area contributed by atoms with Crippen molar-refractivity contribution in [1.82, 2.24) is 5.32 Å². The highest BCUT2D eigenvalue weighted by atomic mass is 19.1. The van der Waals surface area contributed by atoms with Crippen molar-refractivity contribution in [2.24, 2.45) is 11.3 Å². The van der Waals surface area contributed by atoms with Gasteiger partial charge in [0.15, 0.2) is 0 Å². The molecule has 1 aliphatic carbocycles. The fourth-order valence-corrected chi connectivity index (χ4v) is 2.35. The van der Waals surface area contributed by atoms with Gasteiger partial charge < -0.3 is 5.32 Å². The lowest BCUT2D eigenvalue weighted by molar-refractivity contribution is 0.469. The Hall–Kier alpha value is -0.960. The molecule has 2 unspecified atom stereocenters. The van der Waals surface area contributed by atoms with Crippen LogP contribution in [0.15, 0.2) is 12.1 Å². The van der Waals surface area contributed by atoms with Gasteiger partial charge in [0, 0.05) is 11.6 Å². The lowest BCUT2D eigenvalue weighted by atomic mass is 10.0. The van der Waals surface area contributed by atoms with Gasteiger partial charge in [-0.2, -0.15) is 0 Å². The third-order valence-corrected chi connectivity index (χ3v) is 4.13. The standard InChI is InChI=1S/C15H21F2N/c1-9-5-14(17)12(6-13(9)16)10(2)18-8-11-7-15(11,3)4/h5-6,10-11,18H,7-8H2,1-4H3. The van der Waals surface area contributed by atoms with Gasteiger partial charge in [0.2, 0.25) is 0 Å². The van der Waals surface area contributed by atoms with Gasteiger partial charge in [-0.1, -0.05) is 13.8 Å². The highest BCUT2D eigenvalue weighted by Crippen LogP contribution is 2.51. The summed E-state index contributed by atoms with van der Waals surface area (Å²) in [5.74, 6) is -0.0194. The van der Waals surface area contributed by atoms with Gasteiger partial charge >= 0.3 is 0 Å². The number of halogens is 2. The average molecular weight is 253 g/mol. The lowest BCUT2D eigenvalue weighted by Crippen LogP contribution is -2.23. The zero-order chi connectivity index (χ0) is 13.5. The molecule has 1 aromatic rings. The van der Waals surface area contributed by atoms with Crippen LogP contribution >= 0.6 is 0 Å². The monoisotopic (exact) mass is 253 g/mol. The summed E-state index contributed by atoms with van der Waals surface area (Å²) < 4.78 is 27.2. The second-order valence-electron chi connectivity index (χ2n) is 6.14. The maximum atomic E-state index is 13.8. The molecule has 0 radical (unpaired) electrons. The van der Waals surface area contributed by atoms with E-state index in [0.717, 1.165) is 6.54 Å². The molecule has 1 aliphatic rings. The Labute approximate surface area is 108 Å². The summed E-state index contributed by atoms with van der Waals surface area (Å²) in [4.78, 5) is 0. The molecule has 18 heavy (non-hydrogen) atoms. The smallest absolute Gasteiger partial charge is 0.128 e. The van der Waals surface area contributed by atoms with Crippen LogP contribution in [0.25, 0.3) is 0 Å². The molecule has 1 saturated carbocycles. The first-order valence-electron chi connectivity index (χ1n) is 6.50. The van der Waals surface area contributed by atoms with E-state index in [9.17, 15) is 8.78 Å². The maximum absolute atomic E-state index is 13.8. The lowest BCUT2D eigenvalue weighted by Gasteiger charge is -2.16. The van der Waals surface area contributed by atoms with Crippen molar-refractivity contribution in [2.45, 2.75) is 40.2 Å². The van der Waals surface area contributed by atoms with E-state index >= 15 is 0 Å². The van der Waals surface area contributed by atoms with Crippen molar-refractivity contribution in [2.75, 3.05) is 6.54 Å². The number of benzene rings is 1. The minimum atomic E-state index is -0.341. The molecule has 0 bridgehead atoms. The van der Waals surface area contributed by atoms with Gasteiger partial charge in [-0.05, 0) is 55.8 Å². The Bertz CT molecular complexity index is 454. The molecule has 1 nitrogen and oxygen atoms in total. The van der Waals surface area contributed by atoms with E-state index < -0.39 is 0 Å². The summed E-state index contributed by atoms with van der Waals surface area (Å²) >= 11 is 0. The fraction of sp³-hybridized carbons (Fsp3) is 0.600. The molecule has 3 heteroatoms. The highest BCUT2D eigenvalue weighted by Gasteiger charge is 2.44. The first-order valence-corrected chi connectivity index (χ1v) is 6.50. The predicted octanol–water partition coefficient (Wildman–Crippen LogP) is 3.97. The molecule has 2 rings (SSSR count). The molecule has 0 aromatic heterocycles. The van der Waals surface area contributed by atoms with Crippen molar-refractivity contribution in [3.8, 4) is 0 Å². The number of hydrogen-bond donors (Lipinski definition) is 1. The molecule has 100 valence electrons. The van der Waals surface area contributed by atoms with Crippen LogP contribution in [0.4, 0.5) is 8.78 Å². The van der Waals surface area contributed by atoms with Gasteiger partial charge in [-0.15, -0.1) is 0 Å². The zero-order valence-corrected chi connectivity index (χ0v) is 11.5. The van der Waals surface area contributed by atoms with Crippen LogP contribution in [0, 0.1) is 29.9 Å². The molecule has 1 N–H and O–H groups in total. The number of nitrogens with one attached hydrogen (secondary N) is 1. The van der Waals surface area contributed by atoms with Crippen molar-refractivity contribution in [3.05, 3.63) is 34.9 Å². The second kappa shape index (κ2) is 4.61. The van der Waals surface area contributed by atoms with E-state index in [0.29, 0.717) is 22.5 Å². The van der Waals surface area contributed by atoms with Crippen LogP contribution < -0.4 is 5.32 Å². The Morgan fingerprint density at radius 1 is 1.33 bits per heavy atom. The molecular formula is C15H21F2N. The van der Waals surface area contributed by atoms with E-state index in [2.05, 4.69) is 19.2 Å². The Morgan fingerprint density at radius 3 is 2.50 bits per heavy atom. The summed E-state index contributed by atoms with van der Waals surface area (Å²) in [7, 11) is 0. The molecule has 0 saturated heterocycles. The van der Waals surface area contributed by atoms with Crippen LogP contribution in [-0.2, 0) is 0 Å². The first kappa shape index (κ1) is 13.5. The number of aryl methyl sites for hydroxylation is 1. The van der Waals surface area contributed by atoms with Crippen molar-refractivity contribution >= 4 is 0 Å². The topological polar surface area (TPSA) is 12.0 Å². The summed E-state index contributed by atoms with van der Waals surface area (Å²) in [6.45, 7) is 8.78. The van der Waals surface area contributed by atoms with Crippen LogP contribution in [0.3, 0.4) is 0 Å². The molecule has 1 aromatic carbocycles. The van der Waals surface area contributed by atoms with E-state index in [1.807, 2.05) is 6.92 Å². The minimum absolute atomic E-state index is 0.156. The third kappa shape index (κ3) is 2.72. The molecule has 0 heterocycles. The molecule has 0 aliphatic heterocycles. The summed E-state index contributed by atoms with van der Waals surface area (Å²) in [5.41, 5.74) is 1.17. The van der Waals surface area contributed by atoms with E-state index in [1.54, 1.807) is 6.92 Å².